The summed E-state index contributed by atoms with van der Waals surface area (Å²) in [6, 6.07) is 4.93. The molecule has 2 N–H and O–H groups in total. The van der Waals surface area contributed by atoms with Crippen LogP contribution < -0.4 is 15.0 Å². The van der Waals surface area contributed by atoms with Crippen LogP contribution in [0.5, 0.6) is 5.75 Å². The Morgan fingerprint density at radius 3 is 2.79 bits per heavy atom. The second kappa shape index (κ2) is 4.71. The Bertz CT molecular complexity index is 528. The Morgan fingerprint density at radius 1 is 1.37 bits per heavy atom. The molecule has 1 amide bonds. The number of amides is 1. The maximum absolute atomic E-state index is 12.1. The quantitative estimate of drug-likeness (QED) is 0.864. The molecule has 1 aliphatic rings. The van der Waals surface area contributed by atoms with Gasteiger partial charge < -0.3 is 15.2 Å². The van der Waals surface area contributed by atoms with Crippen molar-refractivity contribution in [3.8, 4) is 5.75 Å². The van der Waals surface area contributed by atoms with E-state index in [2.05, 4.69) is 10.1 Å². The van der Waals surface area contributed by atoms with Crippen LogP contribution in [0.2, 0.25) is 0 Å². The third-order valence-corrected chi connectivity index (χ3v) is 2.32. The Hall–Kier alpha value is -2.38. The van der Waals surface area contributed by atoms with Gasteiger partial charge in [-0.05, 0) is 12.1 Å². The van der Waals surface area contributed by atoms with Gasteiger partial charge in [-0.15, -0.1) is 13.2 Å². The van der Waals surface area contributed by atoms with Gasteiger partial charge in [0.05, 0.1) is 6.67 Å². The summed E-state index contributed by atoms with van der Waals surface area (Å²) < 4.78 is 40.0. The Balaban J connectivity index is 2.24. The van der Waals surface area contributed by atoms with Crippen molar-refractivity contribution < 1.29 is 27.8 Å². The predicted molar refractivity (Wildman–Crippen MR) is 59.3 cm³/mol. The van der Waals surface area contributed by atoms with Crippen molar-refractivity contribution in [2.75, 3.05) is 11.6 Å². The van der Waals surface area contributed by atoms with Crippen LogP contribution in [0.4, 0.5) is 18.9 Å². The number of carbonyl (C=O) groups is 1. The van der Waals surface area contributed by atoms with Crippen molar-refractivity contribution in [3.05, 3.63) is 36.2 Å². The van der Waals surface area contributed by atoms with Gasteiger partial charge in [-0.3, -0.25) is 9.69 Å². The van der Waals surface area contributed by atoms with E-state index in [1.807, 2.05) is 0 Å². The third kappa shape index (κ3) is 3.09. The zero-order chi connectivity index (χ0) is 14.0. The van der Waals surface area contributed by atoms with Gasteiger partial charge in [0, 0.05) is 18.0 Å². The van der Waals surface area contributed by atoms with Gasteiger partial charge in [0.2, 0.25) is 0 Å². The van der Waals surface area contributed by atoms with Gasteiger partial charge in [0.25, 0.3) is 5.91 Å². The zero-order valence-electron chi connectivity index (χ0n) is 9.44. The average molecular weight is 274 g/mol. The number of benzene rings is 1. The first-order valence-electron chi connectivity index (χ1n) is 5.17. The molecule has 0 spiro atoms. The highest BCUT2D eigenvalue weighted by Gasteiger charge is 2.31. The summed E-state index contributed by atoms with van der Waals surface area (Å²) in [7, 11) is 0. The normalized spacial score (nSPS) is 15.8. The molecule has 5 nitrogen and oxygen atoms in total. The van der Waals surface area contributed by atoms with Gasteiger partial charge in [-0.1, -0.05) is 6.07 Å². The van der Waals surface area contributed by atoms with Gasteiger partial charge >= 0.3 is 6.36 Å². The highest BCUT2D eigenvalue weighted by atomic mass is 19.4. The molecule has 1 aliphatic heterocycles. The summed E-state index contributed by atoms with van der Waals surface area (Å²) in [4.78, 5) is 12.7. The Morgan fingerprint density at radius 2 is 2.11 bits per heavy atom. The maximum atomic E-state index is 12.1. The molecule has 0 saturated carbocycles. The molecule has 0 bridgehead atoms. The van der Waals surface area contributed by atoms with E-state index in [0.29, 0.717) is 0 Å². The van der Waals surface area contributed by atoms with Crippen molar-refractivity contribution in [3.63, 3.8) is 0 Å². The van der Waals surface area contributed by atoms with E-state index in [1.165, 1.54) is 12.1 Å². The molecule has 1 aromatic rings. The number of rotatable bonds is 2. The van der Waals surface area contributed by atoms with Crippen LogP contribution in [0.1, 0.15) is 0 Å². The molecular formula is C11H9F3N2O3. The summed E-state index contributed by atoms with van der Waals surface area (Å²) >= 11 is 0. The first kappa shape index (κ1) is 13.1. The van der Waals surface area contributed by atoms with Gasteiger partial charge in [-0.25, -0.2) is 0 Å². The topological polar surface area (TPSA) is 61.8 Å². The highest BCUT2D eigenvalue weighted by Crippen LogP contribution is 2.27. The number of halogens is 3. The van der Waals surface area contributed by atoms with Gasteiger partial charge in [0.1, 0.15) is 5.75 Å². The first-order chi connectivity index (χ1) is 8.87. The summed E-state index contributed by atoms with van der Waals surface area (Å²) in [6.07, 6.45) is -3.68. The molecule has 0 saturated heterocycles. The fraction of sp³-hybridized carbons (Fsp3) is 0.182. The molecule has 19 heavy (non-hydrogen) atoms. The third-order valence-electron chi connectivity index (χ3n) is 2.32. The van der Waals surface area contributed by atoms with Crippen LogP contribution in [0.25, 0.3) is 0 Å². The standard InChI is InChI=1S/C11H9F3N2O3/c12-11(13,14)19-8-3-1-2-7(4-8)16-6-15-5-9(17)10(16)18/h1-5,15,17H,6H2. The number of alkyl halides is 3. The lowest BCUT2D eigenvalue weighted by Gasteiger charge is -2.26. The highest BCUT2D eigenvalue weighted by molar-refractivity contribution is 6.04. The summed E-state index contributed by atoms with van der Waals surface area (Å²) in [6.45, 7) is 0.0400. The van der Waals surface area contributed by atoms with Crippen molar-refractivity contribution in [1.29, 1.82) is 0 Å². The number of nitrogens with one attached hydrogen (secondary N) is 1. The van der Waals surface area contributed by atoms with E-state index in [4.69, 9.17) is 0 Å². The smallest absolute Gasteiger partial charge is 0.502 e. The zero-order valence-corrected chi connectivity index (χ0v) is 9.44. The minimum atomic E-state index is -4.80. The van der Waals surface area contributed by atoms with Crippen LogP contribution in [0, 0.1) is 0 Å². The number of ether oxygens (including phenoxy) is 1. The van der Waals surface area contributed by atoms with Gasteiger partial charge in [-0.2, -0.15) is 0 Å². The van der Waals surface area contributed by atoms with Crippen molar-refractivity contribution in [2.45, 2.75) is 6.36 Å². The Labute approximate surface area is 105 Å². The SMILES string of the molecule is O=C1C(O)=CNCN1c1cccc(OC(F)(F)F)c1. The fourth-order valence-electron chi connectivity index (χ4n) is 1.56. The lowest BCUT2D eigenvalue weighted by molar-refractivity contribution is -0.274. The van der Waals surface area contributed by atoms with E-state index >= 15 is 0 Å². The summed E-state index contributed by atoms with van der Waals surface area (Å²) in [5.41, 5.74) is 0.180. The van der Waals surface area contributed by atoms with E-state index in [9.17, 15) is 23.1 Å². The number of hydrogen-bond acceptors (Lipinski definition) is 4. The molecule has 0 atom stereocenters. The molecule has 0 aliphatic carbocycles. The number of anilines is 1. The van der Waals surface area contributed by atoms with Crippen molar-refractivity contribution >= 4 is 11.6 Å². The second-order valence-corrected chi connectivity index (χ2v) is 3.67. The van der Waals surface area contributed by atoms with Crippen LogP contribution in [0.3, 0.4) is 0 Å². The fourth-order valence-corrected chi connectivity index (χ4v) is 1.56. The molecule has 0 aromatic heterocycles. The molecule has 0 radical (unpaired) electrons. The molecule has 2 rings (SSSR count). The van der Waals surface area contributed by atoms with E-state index in [-0.39, 0.29) is 12.4 Å². The van der Waals surface area contributed by atoms with Crippen LogP contribution in [-0.2, 0) is 4.79 Å². The second-order valence-electron chi connectivity index (χ2n) is 3.67. The number of nitrogens with zero attached hydrogens (tertiary/aromatic N) is 1. The number of aliphatic hydroxyl groups is 1. The van der Waals surface area contributed by atoms with E-state index < -0.39 is 23.8 Å². The molecule has 0 fully saturated rings. The summed E-state index contributed by atoms with van der Waals surface area (Å²) in [5, 5.41) is 11.9. The van der Waals surface area contributed by atoms with Crippen molar-refractivity contribution in [2.24, 2.45) is 0 Å². The molecule has 1 heterocycles. The molecular weight excluding hydrogens is 265 g/mol. The molecule has 102 valence electrons. The predicted octanol–water partition coefficient (Wildman–Crippen LogP) is 1.88. The molecule has 0 unspecified atom stereocenters. The van der Waals surface area contributed by atoms with Crippen LogP contribution in [-0.4, -0.2) is 24.0 Å². The molecule has 1 aromatic carbocycles. The minimum Gasteiger partial charge on any atom is -0.502 e. The number of hydrogen-bond donors (Lipinski definition) is 2. The van der Waals surface area contributed by atoms with Crippen LogP contribution >= 0.6 is 0 Å². The minimum absolute atomic E-state index is 0.0400. The maximum Gasteiger partial charge on any atom is 0.573 e. The lowest BCUT2D eigenvalue weighted by atomic mass is 10.2. The van der Waals surface area contributed by atoms with Crippen molar-refractivity contribution in [1.82, 2.24) is 5.32 Å². The lowest BCUT2D eigenvalue weighted by Crippen LogP contribution is -2.42. The number of aliphatic hydroxyl groups excluding tert-OH is 1. The molecule has 8 heteroatoms. The summed E-state index contributed by atoms with van der Waals surface area (Å²) in [5.74, 6) is -1.66. The largest absolute Gasteiger partial charge is 0.573 e. The van der Waals surface area contributed by atoms with E-state index in [0.717, 1.165) is 23.2 Å². The average Bonchev–Trinajstić information content (AvgIpc) is 2.31. The number of carbonyl (C=O) groups excluding carboxylic acids is 1. The van der Waals surface area contributed by atoms with Crippen LogP contribution in [0.15, 0.2) is 36.2 Å². The van der Waals surface area contributed by atoms with E-state index in [1.54, 1.807) is 0 Å². The monoisotopic (exact) mass is 274 g/mol. The van der Waals surface area contributed by atoms with Gasteiger partial charge in [0.15, 0.2) is 5.76 Å². The first-order valence-corrected chi connectivity index (χ1v) is 5.17. The Kier molecular flexibility index (Phi) is 3.24.